The van der Waals surface area contributed by atoms with Gasteiger partial charge in [-0.1, -0.05) is 13.3 Å². The summed E-state index contributed by atoms with van der Waals surface area (Å²) in [4.78, 5) is 0. The number of hydrogen-bond donors (Lipinski definition) is 0. The quantitative estimate of drug-likeness (QED) is 0.396. The van der Waals surface area contributed by atoms with E-state index in [0.29, 0.717) is 0 Å². The maximum absolute atomic E-state index is 3.60. The second-order valence-corrected chi connectivity index (χ2v) is 0.854. The van der Waals surface area contributed by atoms with E-state index in [1.165, 1.54) is 6.42 Å². The third-order valence-electron chi connectivity index (χ3n) is 0.354. The van der Waals surface area contributed by atoms with Crippen molar-refractivity contribution in [2.24, 2.45) is 0 Å². The molecule has 0 spiro atoms. The predicted molar refractivity (Wildman–Crippen MR) is 20.3 cm³/mol. The molecule has 0 heterocycles. The Labute approximate surface area is 83.1 Å². The minimum Gasteiger partial charge on any atom is -0.343 e. The molecule has 0 aromatic heterocycles. The van der Waals surface area contributed by atoms with Gasteiger partial charge in [-0.3, -0.25) is 0 Å². The molecule has 0 radical (unpaired) electrons. The SMILES string of the molecule is [CH2-]CCC.[Rb+]. The van der Waals surface area contributed by atoms with Crippen molar-refractivity contribution >= 4 is 0 Å². The van der Waals surface area contributed by atoms with Crippen molar-refractivity contribution in [2.45, 2.75) is 19.8 Å². The molecule has 0 N–H and O–H groups in total. The van der Waals surface area contributed by atoms with E-state index < -0.39 is 0 Å². The molecule has 0 fully saturated rings. The average molecular weight is 143 g/mol. The van der Waals surface area contributed by atoms with Crippen LogP contribution < -0.4 is 58.2 Å². The van der Waals surface area contributed by atoms with Crippen LogP contribution in [-0.2, 0) is 0 Å². The molecule has 5 heavy (non-hydrogen) atoms. The van der Waals surface area contributed by atoms with Crippen LogP contribution in [0.25, 0.3) is 0 Å². The Morgan fingerprint density at radius 2 is 1.80 bits per heavy atom. The van der Waals surface area contributed by atoms with Crippen molar-refractivity contribution in [3.05, 3.63) is 6.92 Å². The molecule has 0 bridgehead atoms. The van der Waals surface area contributed by atoms with Crippen LogP contribution in [0.5, 0.6) is 0 Å². The normalized spacial score (nSPS) is 6.00. The third kappa shape index (κ3) is 10.7. The zero-order chi connectivity index (χ0) is 3.41. The maximum Gasteiger partial charge on any atom is 1.00 e. The molecule has 0 aliphatic heterocycles. The first kappa shape index (κ1) is 9.93. The third-order valence-corrected chi connectivity index (χ3v) is 0.354. The monoisotopic (exact) mass is 142 g/mol. The van der Waals surface area contributed by atoms with Gasteiger partial charge in [0, 0.05) is 0 Å². The molecular formula is C4H9Rb. The largest absolute Gasteiger partial charge is 1.00 e. The van der Waals surface area contributed by atoms with Gasteiger partial charge in [0.05, 0.1) is 0 Å². The first-order chi connectivity index (χ1) is 1.91. The van der Waals surface area contributed by atoms with Gasteiger partial charge in [-0.15, -0.1) is 0 Å². The summed E-state index contributed by atoms with van der Waals surface area (Å²) in [5.74, 6) is 0. The van der Waals surface area contributed by atoms with Gasteiger partial charge in [0.25, 0.3) is 0 Å². The first-order valence-corrected chi connectivity index (χ1v) is 1.71. The van der Waals surface area contributed by atoms with E-state index in [2.05, 4.69) is 13.8 Å². The van der Waals surface area contributed by atoms with Crippen molar-refractivity contribution < 1.29 is 58.2 Å². The Morgan fingerprint density at radius 1 is 1.60 bits per heavy atom. The van der Waals surface area contributed by atoms with Gasteiger partial charge in [-0.25, -0.2) is 0 Å². The van der Waals surface area contributed by atoms with Crippen LogP contribution in [0.4, 0.5) is 0 Å². The minimum absolute atomic E-state index is 0. The Kier molecular flexibility index (Phi) is 18.4. The molecular weight excluding hydrogens is 134 g/mol. The number of rotatable bonds is 1. The van der Waals surface area contributed by atoms with Gasteiger partial charge < -0.3 is 6.92 Å². The second-order valence-electron chi connectivity index (χ2n) is 0.854. The van der Waals surface area contributed by atoms with E-state index in [9.17, 15) is 0 Å². The summed E-state index contributed by atoms with van der Waals surface area (Å²) in [5.41, 5.74) is 0. The van der Waals surface area contributed by atoms with Crippen molar-refractivity contribution in [2.75, 3.05) is 0 Å². The molecule has 26 valence electrons. The summed E-state index contributed by atoms with van der Waals surface area (Å²) in [6.45, 7) is 5.72. The topological polar surface area (TPSA) is 0 Å². The fourth-order valence-corrected chi connectivity index (χ4v) is 0. The van der Waals surface area contributed by atoms with E-state index >= 15 is 0 Å². The van der Waals surface area contributed by atoms with Crippen molar-refractivity contribution in [3.63, 3.8) is 0 Å². The van der Waals surface area contributed by atoms with Gasteiger partial charge in [0.2, 0.25) is 0 Å². The Morgan fingerprint density at radius 3 is 1.80 bits per heavy atom. The van der Waals surface area contributed by atoms with E-state index in [1.54, 1.807) is 0 Å². The van der Waals surface area contributed by atoms with Crippen LogP contribution in [-0.4, -0.2) is 0 Å². The van der Waals surface area contributed by atoms with Crippen molar-refractivity contribution in [1.82, 2.24) is 0 Å². The Hall–Kier alpha value is 1.81. The van der Waals surface area contributed by atoms with Crippen LogP contribution >= 0.6 is 0 Å². The summed E-state index contributed by atoms with van der Waals surface area (Å²) in [5, 5.41) is 0. The molecule has 0 aromatic rings. The Balaban J connectivity index is 0. The molecule has 0 nitrogen and oxygen atoms in total. The molecule has 0 aromatic carbocycles. The fourth-order valence-electron chi connectivity index (χ4n) is 0. The van der Waals surface area contributed by atoms with Gasteiger partial charge >= 0.3 is 58.2 Å². The number of hydrogen-bond acceptors (Lipinski definition) is 0. The van der Waals surface area contributed by atoms with E-state index in [-0.39, 0.29) is 58.2 Å². The second kappa shape index (κ2) is 9.26. The molecule has 0 aliphatic carbocycles. The van der Waals surface area contributed by atoms with Crippen molar-refractivity contribution in [1.29, 1.82) is 0 Å². The van der Waals surface area contributed by atoms with Crippen LogP contribution in [0.2, 0.25) is 0 Å². The standard InChI is InChI=1S/C4H9.Rb/c1-3-4-2;/h1,3-4H2,2H3;/q-1;+1. The fraction of sp³-hybridized carbons (Fsp3) is 0.750. The molecule has 0 saturated carbocycles. The summed E-state index contributed by atoms with van der Waals surface area (Å²) in [6.07, 6.45) is 2.28. The Bertz CT molecular complexity index is 5.61. The summed E-state index contributed by atoms with van der Waals surface area (Å²) >= 11 is 0. The summed E-state index contributed by atoms with van der Waals surface area (Å²) < 4.78 is 0. The molecule has 0 atom stereocenters. The van der Waals surface area contributed by atoms with Crippen LogP contribution in [0.15, 0.2) is 0 Å². The zero-order valence-corrected chi connectivity index (χ0v) is 9.04. The first-order valence-electron chi connectivity index (χ1n) is 1.71. The zero-order valence-electron chi connectivity index (χ0n) is 4.12. The number of unbranched alkanes of at least 4 members (excludes halogenated alkanes) is 1. The summed E-state index contributed by atoms with van der Waals surface area (Å²) in [6, 6.07) is 0. The van der Waals surface area contributed by atoms with Gasteiger partial charge in [0.1, 0.15) is 0 Å². The molecule has 0 rings (SSSR count). The van der Waals surface area contributed by atoms with E-state index in [4.69, 9.17) is 0 Å². The van der Waals surface area contributed by atoms with Crippen LogP contribution in [0.3, 0.4) is 0 Å². The van der Waals surface area contributed by atoms with Crippen LogP contribution in [0.1, 0.15) is 19.8 Å². The van der Waals surface area contributed by atoms with Crippen molar-refractivity contribution in [3.8, 4) is 0 Å². The molecule has 0 aliphatic rings. The molecule has 1 heteroatoms. The smallest absolute Gasteiger partial charge is 0.343 e. The maximum atomic E-state index is 3.60. The van der Waals surface area contributed by atoms with Crippen LogP contribution in [0, 0.1) is 6.92 Å². The molecule has 0 saturated heterocycles. The predicted octanol–water partition coefficient (Wildman–Crippen LogP) is -1.38. The minimum atomic E-state index is 0. The van der Waals surface area contributed by atoms with Gasteiger partial charge in [-0.05, 0) is 0 Å². The van der Waals surface area contributed by atoms with Gasteiger partial charge in [0.15, 0.2) is 0 Å². The summed E-state index contributed by atoms with van der Waals surface area (Å²) in [7, 11) is 0. The van der Waals surface area contributed by atoms with E-state index in [1.807, 2.05) is 0 Å². The van der Waals surface area contributed by atoms with E-state index in [0.717, 1.165) is 6.42 Å². The molecule has 0 amide bonds. The molecule has 0 unspecified atom stereocenters. The van der Waals surface area contributed by atoms with Gasteiger partial charge in [-0.2, -0.15) is 6.42 Å². The average Bonchev–Trinajstić information content (AvgIpc) is 1.37.